The van der Waals surface area contributed by atoms with Crippen molar-refractivity contribution < 1.29 is 13.3 Å². The molecule has 5 nitrogen and oxygen atoms in total. The standard InChI is InChI=1S/C17H20Cl2N2O3S/c1-12(2)21-24-15-7-5-14(6-8-15)20-11-25(22,23)17-10-4-13(18)3-9-16(17)19/h3,5-9,13,20H,4,10-11H2,1-2H3. The van der Waals surface area contributed by atoms with Gasteiger partial charge in [-0.05, 0) is 57.0 Å². The summed E-state index contributed by atoms with van der Waals surface area (Å²) in [5, 5.41) is 6.77. The van der Waals surface area contributed by atoms with Gasteiger partial charge in [0.15, 0.2) is 15.6 Å². The monoisotopic (exact) mass is 402 g/mol. The molecule has 0 aliphatic heterocycles. The van der Waals surface area contributed by atoms with Crippen molar-refractivity contribution in [2.24, 2.45) is 5.16 Å². The molecule has 0 heterocycles. The summed E-state index contributed by atoms with van der Waals surface area (Å²) in [4.78, 5) is 5.41. The Bertz CT molecular complexity index is 796. The zero-order valence-corrected chi connectivity index (χ0v) is 16.3. The van der Waals surface area contributed by atoms with Crippen LogP contribution in [-0.2, 0) is 9.84 Å². The van der Waals surface area contributed by atoms with Crippen LogP contribution in [0.3, 0.4) is 0 Å². The molecule has 0 bridgehead atoms. The lowest BCUT2D eigenvalue weighted by Gasteiger charge is -2.12. The molecule has 0 radical (unpaired) electrons. The first-order chi connectivity index (χ1) is 11.8. The Hall–Kier alpha value is -1.50. The number of nitrogens with zero attached hydrogens (tertiary/aromatic N) is 1. The molecule has 1 unspecified atom stereocenters. The summed E-state index contributed by atoms with van der Waals surface area (Å²) in [5.41, 5.74) is 1.46. The third kappa shape index (κ3) is 6.06. The number of oxime groups is 1. The number of halogens is 2. The second kappa shape index (κ2) is 8.74. The predicted octanol–water partition coefficient (Wildman–Crippen LogP) is 4.65. The molecule has 2 rings (SSSR count). The summed E-state index contributed by atoms with van der Waals surface area (Å²) >= 11 is 12.1. The zero-order chi connectivity index (χ0) is 18.4. The molecule has 1 aromatic carbocycles. The molecule has 0 amide bonds. The van der Waals surface area contributed by atoms with Crippen molar-refractivity contribution in [2.45, 2.75) is 32.1 Å². The van der Waals surface area contributed by atoms with Gasteiger partial charge in [0.1, 0.15) is 5.88 Å². The van der Waals surface area contributed by atoms with E-state index in [9.17, 15) is 8.42 Å². The second-order valence-electron chi connectivity index (χ2n) is 5.77. The van der Waals surface area contributed by atoms with Crippen LogP contribution in [0.5, 0.6) is 5.75 Å². The third-order valence-electron chi connectivity index (χ3n) is 3.39. The summed E-state index contributed by atoms with van der Waals surface area (Å²) in [5.74, 6) is 0.327. The Kier molecular flexibility index (Phi) is 6.93. The number of hydrogen-bond acceptors (Lipinski definition) is 5. The van der Waals surface area contributed by atoms with E-state index in [4.69, 9.17) is 28.0 Å². The third-order valence-corrected chi connectivity index (χ3v) is 5.92. The number of alkyl halides is 1. The largest absolute Gasteiger partial charge is 0.371 e. The number of rotatable bonds is 6. The number of hydrogen-bond donors (Lipinski definition) is 1. The van der Waals surface area contributed by atoms with Gasteiger partial charge in [0.05, 0.1) is 21.0 Å². The van der Waals surface area contributed by atoms with E-state index in [2.05, 4.69) is 10.5 Å². The van der Waals surface area contributed by atoms with E-state index in [0.717, 1.165) is 5.71 Å². The van der Waals surface area contributed by atoms with Crippen LogP contribution in [-0.4, -0.2) is 25.4 Å². The van der Waals surface area contributed by atoms with Gasteiger partial charge in [-0.25, -0.2) is 8.42 Å². The van der Waals surface area contributed by atoms with Gasteiger partial charge in [0, 0.05) is 5.69 Å². The molecule has 25 heavy (non-hydrogen) atoms. The summed E-state index contributed by atoms with van der Waals surface area (Å²) < 4.78 is 25.1. The Morgan fingerprint density at radius 2 is 2.00 bits per heavy atom. The summed E-state index contributed by atoms with van der Waals surface area (Å²) in [6.45, 7) is 3.66. The average molecular weight is 403 g/mol. The Balaban J connectivity index is 2.02. The molecule has 1 aliphatic carbocycles. The lowest BCUT2D eigenvalue weighted by atomic mass is 10.2. The fourth-order valence-electron chi connectivity index (χ4n) is 2.11. The molecule has 8 heteroatoms. The minimum absolute atomic E-state index is 0.212. The van der Waals surface area contributed by atoms with Gasteiger partial charge in [-0.15, -0.1) is 11.6 Å². The van der Waals surface area contributed by atoms with Crippen molar-refractivity contribution in [3.63, 3.8) is 0 Å². The van der Waals surface area contributed by atoms with Gasteiger partial charge in [-0.2, -0.15) is 0 Å². The number of anilines is 1. The molecule has 0 saturated carbocycles. The van der Waals surface area contributed by atoms with Gasteiger partial charge in [-0.1, -0.05) is 22.8 Å². The molecular weight excluding hydrogens is 383 g/mol. The molecule has 0 spiro atoms. The summed E-state index contributed by atoms with van der Waals surface area (Å²) in [7, 11) is -3.54. The van der Waals surface area contributed by atoms with E-state index in [0.29, 0.717) is 24.3 Å². The van der Waals surface area contributed by atoms with Crippen LogP contribution in [0.25, 0.3) is 0 Å². The van der Waals surface area contributed by atoms with Crippen LogP contribution in [0.1, 0.15) is 26.7 Å². The lowest BCUT2D eigenvalue weighted by molar-refractivity contribution is 0.341. The van der Waals surface area contributed by atoms with Crippen LogP contribution in [0.4, 0.5) is 5.69 Å². The van der Waals surface area contributed by atoms with Crippen LogP contribution in [0.15, 0.2) is 51.5 Å². The Morgan fingerprint density at radius 1 is 1.32 bits per heavy atom. The minimum atomic E-state index is -3.54. The predicted molar refractivity (Wildman–Crippen MR) is 104 cm³/mol. The van der Waals surface area contributed by atoms with Crippen LogP contribution in [0, 0.1) is 0 Å². The van der Waals surface area contributed by atoms with Crippen LogP contribution < -0.4 is 10.2 Å². The maximum absolute atomic E-state index is 12.5. The number of allylic oxidation sites excluding steroid dienone is 4. The maximum atomic E-state index is 12.5. The highest BCUT2D eigenvalue weighted by molar-refractivity contribution is 7.95. The molecule has 0 fully saturated rings. The summed E-state index contributed by atoms with van der Waals surface area (Å²) in [6, 6.07) is 6.87. The van der Waals surface area contributed by atoms with E-state index < -0.39 is 9.84 Å². The fraction of sp³-hybridized carbons (Fsp3) is 0.353. The zero-order valence-electron chi connectivity index (χ0n) is 14.0. The molecule has 0 saturated heterocycles. The van der Waals surface area contributed by atoms with Crippen LogP contribution in [0.2, 0.25) is 0 Å². The molecule has 136 valence electrons. The fourth-order valence-corrected chi connectivity index (χ4v) is 4.14. The maximum Gasteiger partial charge on any atom is 0.193 e. The number of nitrogens with one attached hydrogen (secondary N) is 1. The van der Waals surface area contributed by atoms with Crippen molar-refractivity contribution in [1.29, 1.82) is 0 Å². The molecule has 1 N–H and O–H groups in total. The van der Waals surface area contributed by atoms with Crippen molar-refractivity contribution in [1.82, 2.24) is 0 Å². The van der Waals surface area contributed by atoms with Crippen molar-refractivity contribution in [2.75, 3.05) is 11.2 Å². The SMILES string of the molecule is CC(C)=NOc1ccc(NCS(=O)(=O)C2=C(Cl)C=CC(Cl)CC2)cc1. The van der Waals surface area contributed by atoms with Gasteiger partial charge in [-0.3, -0.25) is 0 Å². The smallest absolute Gasteiger partial charge is 0.193 e. The minimum Gasteiger partial charge on any atom is -0.371 e. The highest BCUT2D eigenvalue weighted by atomic mass is 35.5. The lowest BCUT2D eigenvalue weighted by Crippen LogP contribution is -2.17. The van der Waals surface area contributed by atoms with E-state index >= 15 is 0 Å². The number of benzene rings is 1. The highest BCUT2D eigenvalue weighted by Gasteiger charge is 2.23. The van der Waals surface area contributed by atoms with Crippen LogP contribution >= 0.6 is 23.2 Å². The van der Waals surface area contributed by atoms with Gasteiger partial charge >= 0.3 is 0 Å². The first-order valence-electron chi connectivity index (χ1n) is 7.74. The van der Waals surface area contributed by atoms with Crippen molar-refractivity contribution in [3.05, 3.63) is 46.4 Å². The van der Waals surface area contributed by atoms with Gasteiger partial charge < -0.3 is 10.2 Å². The van der Waals surface area contributed by atoms with E-state index in [-0.39, 0.29) is 21.2 Å². The topological polar surface area (TPSA) is 67.8 Å². The quantitative estimate of drug-likeness (QED) is 0.426. The Labute approximate surface area is 158 Å². The van der Waals surface area contributed by atoms with Gasteiger partial charge in [0.25, 0.3) is 0 Å². The molecule has 0 aromatic heterocycles. The van der Waals surface area contributed by atoms with E-state index in [1.807, 2.05) is 13.8 Å². The summed E-state index contributed by atoms with van der Waals surface area (Å²) in [6.07, 6.45) is 4.12. The molecule has 1 aliphatic rings. The van der Waals surface area contributed by atoms with Crippen molar-refractivity contribution >= 4 is 44.4 Å². The average Bonchev–Trinajstić information content (AvgIpc) is 2.74. The van der Waals surface area contributed by atoms with E-state index in [1.54, 1.807) is 36.4 Å². The Morgan fingerprint density at radius 3 is 2.64 bits per heavy atom. The number of sulfone groups is 1. The second-order valence-corrected chi connectivity index (χ2v) is 8.75. The highest BCUT2D eigenvalue weighted by Crippen LogP contribution is 2.28. The van der Waals surface area contributed by atoms with E-state index in [1.165, 1.54) is 0 Å². The van der Waals surface area contributed by atoms with Crippen molar-refractivity contribution in [3.8, 4) is 5.75 Å². The first kappa shape index (κ1) is 19.8. The normalized spacial score (nSPS) is 17.8. The molecule has 1 aromatic rings. The first-order valence-corrected chi connectivity index (χ1v) is 10.2. The molecule has 1 atom stereocenters. The molecular formula is C17H20Cl2N2O3S. The van der Waals surface area contributed by atoms with Gasteiger partial charge in [0.2, 0.25) is 0 Å².